The van der Waals surface area contributed by atoms with Gasteiger partial charge in [-0.15, -0.1) is 0 Å². The van der Waals surface area contributed by atoms with Crippen LogP contribution < -0.4 is 10.5 Å². The fourth-order valence-electron chi connectivity index (χ4n) is 1.27. The molecule has 0 spiro atoms. The van der Waals surface area contributed by atoms with Gasteiger partial charge in [0.1, 0.15) is 5.75 Å². The third kappa shape index (κ3) is 4.86. The fourth-order valence-corrected chi connectivity index (χ4v) is 1.27. The minimum Gasteiger partial charge on any atom is -0.493 e. The van der Waals surface area contributed by atoms with Crippen molar-refractivity contribution in [3.8, 4) is 5.75 Å². The molecule has 1 aromatic carbocycles. The predicted molar refractivity (Wildman–Crippen MR) is 66.0 cm³/mol. The zero-order valence-electron chi connectivity index (χ0n) is 10.5. The Balaban J connectivity index is 2.29. The number of carbonyl (C=O) groups excluding carboxylic acids is 2. The first kappa shape index (κ1) is 14.0. The molecule has 0 aliphatic rings. The Hall–Kier alpha value is -2.04. The minimum atomic E-state index is -0.906. The number of aryl methyl sites for hydroxylation is 1. The van der Waals surface area contributed by atoms with Crippen LogP contribution in [0.5, 0.6) is 5.75 Å². The first-order chi connectivity index (χ1) is 8.49. The van der Waals surface area contributed by atoms with Crippen LogP contribution >= 0.6 is 0 Å². The van der Waals surface area contributed by atoms with E-state index in [-0.39, 0.29) is 13.0 Å². The van der Waals surface area contributed by atoms with Crippen molar-refractivity contribution >= 4 is 11.9 Å². The van der Waals surface area contributed by atoms with Gasteiger partial charge in [0.2, 0.25) is 0 Å². The average molecular weight is 251 g/mol. The van der Waals surface area contributed by atoms with Gasteiger partial charge in [0.15, 0.2) is 6.10 Å². The maximum Gasteiger partial charge on any atom is 0.310 e. The topological polar surface area (TPSA) is 78.6 Å². The summed E-state index contributed by atoms with van der Waals surface area (Å²) in [5.41, 5.74) is 6.05. The van der Waals surface area contributed by atoms with E-state index in [1.165, 1.54) is 6.92 Å². The molecular weight excluding hydrogens is 234 g/mol. The van der Waals surface area contributed by atoms with Gasteiger partial charge in [-0.3, -0.25) is 9.59 Å². The van der Waals surface area contributed by atoms with Crippen LogP contribution in [0.15, 0.2) is 24.3 Å². The molecular formula is C13H17NO4. The van der Waals surface area contributed by atoms with Crippen molar-refractivity contribution in [1.82, 2.24) is 0 Å². The average Bonchev–Trinajstić information content (AvgIpc) is 2.28. The van der Waals surface area contributed by atoms with E-state index in [4.69, 9.17) is 15.2 Å². The quantitative estimate of drug-likeness (QED) is 0.770. The monoisotopic (exact) mass is 251 g/mol. The lowest BCUT2D eigenvalue weighted by atomic mass is 10.2. The second kappa shape index (κ2) is 6.64. The Morgan fingerprint density at radius 2 is 2.11 bits per heavy atom. The number of hydrogen-bond donors (Lipinski definition) is 1. The molecule has 1 rings (SSSR count). The summed E-state index contributed by atoms with van der Waals surface area (Å²) in [5.74, 6) is -0.470. The molecule has 5 nitrogen and oxygen atoms in total. The molecule has 0 unspecified atom stereocenters. The lowest BCUT2D eigenvalue weighted by molar-refractivity contribution is -0.154. The Labute approximate surface area is 106 Å². The molecule has 1 amide bonds. The van der Waals surface area contributed by atoms with Crippen LogP contribution in [0.25, 0.3) is 0 Å². The molecule has 0 bridgehead atoms. The third-order valence-corrected chi connectivity index (χ3v) is 2.27. The van der Waals surface area contributed by atoms with Crippen LogP contribution in [0.4, 0.5) is 0 Å². The maximum atomic E-state index is 11.3. The first-order valence-corrected chi connectivity index (χ1v) is 5.67. The van der Waals surface area contributed by atoms with Gasteiger partial charge in [-0.25, -0.2) is 0 Å². The number of esters is 1. The molecule has 0 saturated heterocycles. The molecule has 5 heteroatoms. The maximum absolute atomic E-state index is 11.3. The molecule has 1 aromatic rings. The lowest BCUT2D eigenvalue weighted by Gasteiger charge is -2.10. The fraction of sp³-hybridized carbons (Fsp3) is 0.385. The summed E-state index contributed by atoms with van der Waals surface area (Å²) in [6, 6.07) is 7.51. The van der Waals surface area contributed by atoms with Crippen LogP contribution in [-0.2, 0) is 14.3 Å². The molecule has 0 fully saturated rings. The molecule has 2 N–H and O–H groups in total. The van der Waals surface area contributed by atoms with Crippen LogP contribution in [0.3, 0.4) is 0 Å². The predicted octanol–water partition coefficient (Wildman–Crippen LogP) is 1.18. The Bertz CT molecular complexity index is 431. The summed E-state index contributed by atoms with van der Waals surface area (Å²) in [4.78, 5) is 22.0. The summed E-state index contributed by atoms with van der Waals surface area (Å²) in [7, 11) is 0. The number of benzene rings is 1. The van der Waals surface area contributed by atoms with Crippen molar-refractivity contribution < 1.29 is 19.1 Å². The van der Waals surface area contributed by atoms with Crippen molar-refractivity contribution in [3.05, 3.63) is 29.8 Å². The molecule has 0 aromatic heterocycles. The van der Waals surface area contributed by atoms with Crippen molar-refractivity contribution in [2.75, 3.05) is 6.61 Å². The van der Waals surface area contributed by atoms with E-state index in [2.05, 4.69) is 0 Å². The molecule has 1 atom stereocenters. The second-order valence-corrected chi connectivity index (χ2v) is 3.95. The van der Waals surface area contributed by atoms with Crippen molar-refractivity contribution in [1.29, 1.82) is 0 Å². The number of amides is 1. The molecule has 0 aliphatic heterocycles. The van der Waals surface area contributed by atoms with Gasteiger partial charge in [0, 0.05) is 0 Å². The van der Waals surface area contributed by atoms with Crippen LogP contribution in [-0.4, -0.2) is 24.6 Å². The summed E-state index contributed by atoms with van der Waals surface area (Å²) in [6.07, 6.45) is -0.831. The van der Waals surface area contributed by atoms with E-state index in [1.54, 1.807) is 0 Å². The Kier molecular flexibility index (Phi) is 5.17. The van der Waals surface area contributed by atoms with Gasteiger partial charge in [-0.2, -0.15) is 0 Å². The normalized spacial score (nSPS) is 11.7. The number of hydrogen-bond acceptors (Lipinski definition) is 4. The highest BCUT2D eigenvalue weighted by Gasteiger charge is 2.14. The van der Waals surface area contributed by atoms with E-state index < -0.39 is 18.0 Å². The number of ether oxygens (including phenoxy) is 2. The SMILES string of the molecule is Cc1cccc(OCCC(=O)O[C@@H](C)C(N)=O)c1. The van der Waals surface area contributed by atoms with E-state index in [1.807, 2.05) is 31.2 Å². The molecule has 18 heavy (non-hydrogen) atoms. The molecule has 98 valence electrons. The molecule has 0 aliphatic carbocycles. The summed E-state index contributed by atoms with van der Waals surface area (Å²) >= 11 is 0. The Morgan fingerprint density at radius 1 is 1.39 bits per heavy atom. The van der Waals surface area contributed by atoms with Crippen molar-refractivity contribution in [2.45, 2.75) is 26.4 Å². The number of nitrogens with two attached hydrogens (primary N) is 1. The summed E-state index contributed by atoms with van der Waals surface area (Å²) in [5, 5.41) is 0. The highest BCUT2D eigenvalue weighted by molar-refractivity contribution is 5.81. The van der Waals surface area contributed by atoms with E-state index in [9.17, 15) is 9.59 Å². The second-order valence-electron chi connectivity index (χ2n) is 3.95. The molecule has 0 radical (unpaired) electrons. The largest absolute Gasteiger partial charge is 0.493 e. The van der Waals surface area contributed by atoms with Crippen molar-refractivity contribution in [2.24, 2.45) is 5.73 Å². The number of primary amides is 1. The van der Waals surface area contributed by atoms with Crippen LogP contribution in [0, 0.1) is 6.92 Å². The van der Waals surface area contributed by atoms with Gasteiger partial charge in [-0.1, -0.05) is 12.1 Å². The first-order valence-electron chi connectivity index (χ1n) is 5.67. The Morgan fingerprint density at radius 3 is 2.72 bits per heavy atom. The zero-order valence-corrected chi connectivity index (χ0v) is 10.5. The standard InChI is InChI=1S/C13H17NO4/c1-9-4-3-5-11(8-9)17-7-6-12(15)18-10(2)13(14)16/h3-5,8,10H,6-7H2,1-2H3,(H2,14,16)/t10-/m0/s1. The smallest absolute Gasteiger partial charge is 0.310 e. The van der Waals surface area contributed by atoms with E-state index >= 15 is 0 Å². The van der Waals surface area contributed by atoms with Gasteiger partial charge in [-0.05, 0) is 31.5 Å². The van der Waals surface area contributed by atoms with Crippen LogP contribution in [0.1, 0.15) is 18.9 Å². The van der Waals surface area contributed by atoms with Gasteiger partial charge >= 0.3 is 5.97 Å². The lowest BCUT2D eigenvalue weighted by Crippen LogP contribution is -2.30. The summed E-state index contributed by atoms with van der Waals surface area (Å²) < 4.78 is 10.2. The molecule has 0 heterocycles. The third-order valence-electron chi connectivity index (χ3n) is 2.27. The highest BCUT2D eigenvalue weighted by Crippen LogP contribution is 2.12. The van der Waals surface area contributed by atoms with E-state index in [0.29, 0.717) is 5.75 Å². The number of rotatable bonds is 6. The minimum absolute atomic E-state index is 0.0750. The van der Waals surface area contributed by atoms with Gasteiger partial charge < -0.3 is 15.2 Å². The zero-order chi connectivity index (χ0) is 13.5. The van der Waals surface area contributed by atoms with Crippen molar-refractivity contribution in [3.63, 3.8) is 0 Å². The van der Waals surface area contributed by atoms with Gasteiger partial charge in [0.25, 0.3) is 5.91 Å². The van der Waals surface area contributed by atoms with Gasteiger partial charge in [0.05, 0.1) is 13.0 Å². The highest BCUT2D eigenvalue weighted by atomic mass is 16.5. The molecule has 0 saturated carbocycles. The summed E-state index contributed by atoms with van der Waals surface area (Å²) in [6.45, 7) is 3.59. The number of carbonyl (C=O) groups is 2. The van der Waals surface area contributed by atoms with Crippen LogP contribution in [0.2, 0.25) is 0 Å². The van der Waals surface area contributed by atoms with E-state index in [0.717, 1.165) is 5.56 Å².